The molecule has 1 unspecified atom stereocenters. The first-order valence-electron chi connectivity index (χ1n) is 10.3. The van der Waals surface area contributed by atoms with Crippen LogP contribution in [-0.4, -0.2) is 48.8 Å². The number of nitrogens with zero attached hydrogens (tertiary/aromatic N) is 2. The molecular weight excluding hydrogens is 356 g/mol. The molecule has 3 rings (SSSR count). The van der Waals surface area contributed by atoms with E-state index in [1.165, 1.54) is 6.42 Å². The lowest BCUT2D eigenvalue weighted by atomic mass is 9.96. The number of nitrogens with one attached hydrogen (secondary N) is 1. The Morgan fingerprint density at radius 3 is 2.54 bits per heavy atom. The van der Waals surface area contributed by atoms with E-state index in [1.54, 1.807) is 17.0 Å². The van der Waals surface area contributed by atoms with Gasteiger partial charge in [0, 0.05) is 38.2 Å². The Morgan fingerprint density at radius 2 is 1.86 bits per heavy atom. The van der Waals surface area contributed by atoms with Gasteiger partial charge in [0.05, 0.1) is 17.3 Å². The van der Waals surface area contributed by atoms with E-state index in [0.717, 1.165) is 44.5 Å². The molecule has 28 heavy (non-hydrogen) atoms. The van der Waals surface area contributed by atoms with Crippen LogP contribution in [0.4, 0.5) is 11.4 Å². The number of carbonyl (C=O) groups excluding carboxylic acids is 3. The molecule has 2 aliphatic heterocycles. The number of nitrogens with two attached hydrogens (primary N) is 1. The van der Waals surface area contributed by atoms with Gasteiger partial charge in [0.15, 0.2) is 0 Å². The van der Waals surface area contributed by atoms with Crippen molar-refractivity contribution in [1.82, 2.24) is 4.90 Å². The summed E-state index contributed by atoms with van der Waals surface area (Å²) >= 11 is 0. The van der Waals surface area contributed by atoms with E-state index < -0.39 is 5.91 Å². The normalized spacial score (nSPS) is 20.0. The van der Waals surface area contributed by atoms with Gasteiger partial charge >= 0.3 is 0 Å². The molecule has 2 aliphatic rings. The Labute approximate surface area is 166 Å². The van der Waals surface area contributed by atoms with E-state index in [-0.39, 0.29) is 17.7 Å². The Kier molecular flexibility index (Phi) is 6.54. The third-order valence-electron chi connectivity index (χ3n) is 5.68. The predicted molar refractivity (Wildman–Crippen MR) is 109 cm³/mol. The molecular formula is C21H30N4O3. The Morgan fingerprint density at radius 1 is 1.11 bits per heavy atom. The van der Waals surface area contributed by atoms with Crippen LogP contribution in [0.25, 0.3) is 0 Å². The molecule has 1 atom stereocenters. The van der Waals surface area contributed by atoms with Crippen LogP contribution < -0.4 is 16.0 Å². The van der Waals surface area contributed by atoms with Crippen molar-refractivity contribution in [2.75, 3.05) is 36.4 Å². The first kappa shape index (κ1) is 20.2. The zero-order valence-electron chi connectivity index (χ0n) is 16.6. The summed E-state index contributed by atoms with van der Waals surface area (Å²) < 4.78 is 0. The number of rotatable bonds is 5. The van der Waals surface area contributed by atoms with Crippen molar-refractivity contribution in [3.8, 4) is 0 Å². The molecule has 7 nitrogen and oxygen atoms in total. The topological polar surface area (TPSA) is 95.7 Å². The lowest BCUT2D eigenvalue weighted by Crippen LogP contribution is -2.43. The molecule has 2 saturated heterocycles. The molecule has 0 radical (unpaired) electrons. The maximum absolute atomic E-state index is 13.0. The van der Waals surface area contributed by atoms with Crippen LogP contribution in [0.1, 0.15) is 55.8 Å². The van der Waals surface area contributed by atoms with Crippen LogP contribution in [0.15, 0.2) is 18.2 Å². The molecule has 1 aromatic carbocycles. The highest BCUT2D eigenvalue weighted by molar-refractivity contribution is 6.00. The van der Waals surface area contributed by atoms with Crippen molar-refractivity contribution in [3.63, 3.8) is 0 Å². The van der Waals surface area contributed by atoms with Gasteiger partial charge in [-0.05, 0) is 50.3 Å². The second-order valence-electron chi connectivity index (χ2n) is 7.67. The fourth-order valence-electron chi connectivity index (χ4n) is 4.08. The van der Waals surface area contributed by atoms with Gasteiger partial charge in [-0.2, -0.15) is 0 Å². The summed E-state index contributed by atoms with van der Waals surface area (Å²) in [6.45, 7) is 4.87. The molecule has 3 N–H and O–H groups in total. The average Bonchev–Trinajstić information content (AvgIpc) is 2.73. The summed E-state index contributed by atoms with van der Waals surface area (Å²) in [7, 11) is 0. The number of anilines is 2. The van der Waals surface area contributed by atoms with Crippen LogP contribution in [0.3, 0.4) is 0 Å². The molecule has 2 heterocycles. The SMILES string of the molecule is CCC(=O)N1CCCC(C(=O)Nc2cc(C(N)=O)ccc2N2CCCCC2)C1. The number of carbonyl (C=O) groups is 3. The first-order chi connectivity index (χ1) is 13.5. The monoisotopic (exact) mass is 386 g/mol. The maximum atomic E-state index is 13.0. The lowest BCUT2D eigenvalue weighted by Gasteiger charge is -2.33. The smallest absolute Gasteiger partial charge is 0.248 e. The zero-order chi connectivity index (χ0) is 20.1. The summed E-state index contributed by atoms with van der Waals surface area (Å²) in [4.78, 5) is 40.6. The molecule has 7 heteroatoms. The summed E-state index contributed by atoms with van der Waals surface area (Å²) in [5, 5.41) is 3.02. The van der Waals surface area contributed by atoms with Gasteiger partial charge in [-0.1, -0.05) is 6.92 Å². The highest BCUT2D eigenvalue weighted by atomic mass is 16.2. The highest BCUT2D eigenvalue weighted by Gasteiger charge is 2.28. The van der Waals surface area contributed by atoms with Gasteiger partial charge in [-0.25, -0.2) is 0 Å². The molecule has 3 amide bonds. The van der Waals surface area contributed by atoms with Crippen molar-refractivity contribution in [2.24, 2.45) is 11.7 Å². The van der Waals surface area contributed by atoms with E-state index in [9.17, 15) is 14.4 Å². The molecule has 152 valence electrons. The third kappa shape index (κ3) is 4.64. The fraction of sp³-hybridized carbons (Fsp3) is 0.571. The van der Waals surface area contributed by atoms with Gasteiger partial charge < -0.3 is 20.9 Å². The van der Waals surface area contributed by atoms with Gasteiger partial charge in [0.25, 0.3) is 0 Å². The number of amides is 3. The van der Waals surface area contributed by atoms with Gasteiger partial charge in [0.2, 0.25) is 17.7 Å². The van der Waals surface area contributed by atoms with Crippen LogP contribution in [0.2, 0.25) is 0 Å². The van der Waals surface area contributed by atoms with Crippen LogP contribution in [-0.2, 0) is 9.59 Å². The van der Waals surface area contributed by atoms with Gasteiger partial charge in [0.1, 0.15) is 0 Å². The largest absolute Gasteiger partial charge is 0.370 e. The minimum absolute atomic E-state index is 0.0854. The minimum atomic E-state index is -0.516. The number of hydrogen-bond donors (Lipinski definition) is 2. The quantitative estimate of drug-likeness (QED) is 0.812. The molecule has 2 fully saturated rings. The first-order valence-corrected chi connectivity index (χ1v) is 10.3. The fourth-order valence-corrected chi connectivity index (χ4v) is 4.08. The summed E-state index contributed by atoms with van der Waals surface area (Å²) in [5.74, 6) is -0.774. The Bertz CT molecular complexity index is 743. The number of hydrogen-bond acceptors (Lipinski definition) is 4. The van der Waals surface area contributed by atoms with Crippen LogP contribution in [0.5, 0.6) is 0 Å². The maximum Gasteiger partial charge on any atom is 0.248 e. The van der Waals surface area contributed by atoms with Crippen molar-refractivity contribution in [1.29, 1.82) is 0 Å². The molecule has 0 saturated carbocycles. The molecule has 0 bridgehead atoms. The molecule has 1 aromatic rings. The Balaban J connectivity index is 1.79. The number of primary amides is 1. The van der Waals surface area contributed by atoms with Crippen molar-refractivity contribution in [3.05, 3.63) is 23.8 Å². The van der Waals surface area contributed by atoms with E-state index in [1.807, 2.05) is 13.0 Å². The number of piperidine rings is 2. The summed E-state index contributed by atoms with van der Waals surface area (Å²) in [6.07, 6.45) is 5.47. The lowest BCUT2D eigenvalue weighted by molar-refractivity contribution is -0.134. The second-order valence-corrected chi connectivity index (χ2v) is 7.67. The second kappa shape index (κ2) is 9.08. The summed E-state index contributed by atoms with van der Waals surface area (Å²) in [5.41, 5.74) is 7.37. The van der Waals surface area contributed by atoms with Crippen molar-refractivity contribution >= 4 is 29.1 Å². The van der Waals surface area contributed by atoms with Crippen molar-refractivity contribution < 1.29 is 14.4 Å². The third-order valence-corrected chi connectivity index (χ3v) is 5.68. The standard InChI is InChI=1S/C21H30N4O3/c1-2-19(26)25-12-6-7-16(14-25)21(28)23-17-13-15(20(22)27)8-9-18(17)24-10-4-3-5-11-24/h8-9,13,16H,2-7,10-12,14H2,1H3,(H2,22,27)(H,23,28). The Hall–Kier alpha value is -2.57. The molecule has 0 aliphatic carbocycles. The highest BCUT2D eigenvalue weighted by Crippen LogP contribution is 2.31. The molecule has 0 aromatic heterocycles. The van der Waals surface area contributed by atoms with E-state index in [0.29, 0.717) is 30.8 Å². The van der Waals surface area contributed by atoms with E-state index >= 15 is 0 Å². The molecule has 0 spiro atoms. The van der Waals surface area contributed by atoms with Crippen molar-refractivity contribution in [2.45, 2.75) is 45.4 Å². The van der Waals surface area contributed by atoms with E-state index in [4.69, 9.17) is 5.73 Å². The minimum Gasteiger partial charge on any atom is -0.370 e. The number of likely N-dealkylation sites (tertiary alicyclic amines) is 1. The average molecular weight is 386 g/mol. The van der Waals surface area contributed by atoms with Crippen LogP contribution in [0, 0.1) is 5.92 Å². The van der Waals surface area contributed by atoms with Gasteiger partial charge in [-0.3, -0.25) is 14.4 Å². The predicted octanol–water partition coefficient (Wildman–Crippen LogP) is 2.36. The number of benzene rings is 1. The van der Waals surface area contributed by atoms with Gasteiger partial charge in [-0.15, -0.1) is 0 Å². The summed E-state index contributed by atoms with van der Waals surface area (Å²) in [6, 6.07) is 5.25. The van der Waals surface area contributed by atoms with Crippen LogP contribution >= 0.6 is 0 Å². The zero-order valence-corrected chi connectivity index (χ0v) is 16.6. The van der Waals surface area contributed by atoms with E-state index in [2.05, 4.69) is 10.2 Å².